The molecule has 0 unspecified atom stereocenters. The molecule has 1 aliphatic heterocycles. The SMILES string of the molecule is COc1ccc(C(=O)N2CCN(c3cccc(Cl)c3)CC2)cc1COc1ccc(-c2ccccc2)cc1. The second-order valence-electron chi connectivity index (χ2n) is 8.96. The van der Waals surface area contributed by atoms with Crippen LogP contribution in [0.4, 0.5) is 5.69 Å². The highest BCUT2D eigenvalue weighted by Crippen LogP contribution is 2.26. The predicted octanol–water partition coefficient (Wildman–Crippen LogP) is 6.56. The number of piperazine rings is 1. The summed E-state index contributed by atoms with van der Waals surface area (Å²) < 4.78 is 11.6. The average Bonchev–Trinajstić information content (AvgIpc) is 2.96. The smallest absolute Gasteiger partial charge is 0.253 e. The number of carbonyl (C=O) groups excluding carboxylic acids is 1. The number of methoxy groups -OCH3 is 1. The summed E-state index contributed by atoms with van der Waals surface area (Å²) in [7, 11) is 1.63. The van der Waals surface area contributed by atoms with E-state index in [-0.39, 0.29) is 5.91 Å². The van der Waals surface area contributed by atoms with E-state index in [0.717, 1.165) is 46.2 Å². The van der Waals surface area contributed by atoms with Gasteiger partial charge < -0.3 is 19.3 Å². The van der Waals surface area contributed by atoms with Gasteiger partial charge in [-0.25, -0.2) is 0 Å². The highest BCUT2D eigenvalue weighted by atomic mass is 35.5. The number of ether oxygens (including phenoxy) is 2. The molecule has 1 heterocycles. The van der Waals surface area contributed by atoms with Crippen LogP contribution in [0.15, 0.2) is 97.1 Å². The molecular formula is C31H29ClN2O3. The quantitative estimate of drug-likeness (QED) is 0.281. The molecule has 0 N–H and O–H groups in total. The summed E-state index contributed by atoms with van der Waals surface area (Å²) in [5.41, 5.74) is 4.84. The maximum absolute atomic E-state index is 13.3. The topological polar surface area (TPSA) is 42.0 Å². The van der Waals surface area contributed by atoms with E-state index in [2.05, 4.69) is 17.0 Å². The molecule has 0 atom stereocenters. The molecule has 188 valence electrons. The van der Waals surface area contributed by atoms with Crippen molar-refractivity contribution in [2.75, 3.05) is 38.2 Å². The monoisotopic (exact) mass is 512 g/mol. The van der Waals surface area contributed by atoms with Gasteiger partial charge in [-0.1, -0.05) is 60.1 Å². The first-order chi connectivity index (χ1) is 18.1. The fourth-order valence-corrected chi connectivity index (χ4v) is 4.77. The number of hydrogen-bond acceptors (Lipinski definition) is 4. The number of halogens is 1. The van der Waals surface area contributed by atoms with Crippen LogP contribution in [0, 0.1) is 0 Å². The van der Waals surface area contributed by atoms with Crippen LogP contribution in [0.5, 0.6) is 11.5 Å². The Kier molecular flexibility index (Phi) is 7.62. The van der Waals surface area contributed by atoms with Crippen molar-refractivity contribution in [3.63, 3.8) is 0 Å². The van der Waals surface area contributed by atoms with Crippen LogP contribution in [0.1, 0.15) is 15.9 Å². The zero-order chi connectivity index (χ0) is 25.6. The fraction of sp³-hybridized carbons (Fsp3) is 0.194. The molecular weight excluding hydrogens is 484 g/mol. The Labute approximate surface area is 222 Å². The molecule has 1 saturated heterocycles. The minimum Gasteiger partial charge on any atom is -0.496 e. The minimum absolute atomic E-state index is 0.0156. The molecule has 37 heavy (non-hydrogen) atoms. The minimum atomic E-state index is 0.0156. The first-order valence-corrected chi connectivity index (χ1v) is 12.7. The van der Waals surface area contributed by atoms with Crippen LogP contribution in [0.3, 0.4) is 0 Å². The van der Waals surface area contributed by atoms with Crippen molar-refractivity contribution in [2.24, 2.45) is 0 Å². The molecule has 1 amide bonds. The fourth-order valence-electron chi connectivity index (χ4n) is 4.58. The van der Waals surface area contributed by atoms with Gasteiger partial charge in [0.2, 0.25) is 0 Å². The summed E-state index contributed by atoms with van der Waals surface area (Å²) in [6.07, 6.45) is 0. The Morgan fingerprint density at radius 2 is 1.54 bits per heavy atom. The van der Waals surface area contributed by atoms with Gasteiger partial charge >= 0.3 is 0 Å². The lowest BCUT2D eigenvalue weighted by Gasteiger charge is -2.36. The predicted molar refractivity (Wildman–Crippen MR) is 149 cm³/mol. The van der Waals surface area contributed by atoms with Gasteiger partial charge in [0.25, 0.3) is 5.91 Å². The van der Waals surface area contributed by atoms with E-state index in [1.165, 1.54) is 0 Å². The lowest BCUT2D eigenvalue weighted by molar-refractivity contribution is 0.0746. The number of rotatable bonds is 7. The number of amides is 1. The van der Waals surface area contributed by atoms with Crippen molar-refractivity contribution in [3.8, 4) is 22.6 Å². The van der Waals surface area contributed by atoms with E-state index in [0.29, 0.717) is 31.0 Å². The van der Waals surface area contributed by atoms with Crippen molar-refractivity contribution >= 4 is 23.2 Å². The third-order valence-electron chi connectivity index (χ3n) is 6.62. The average molecular weight is 513 g/mol. The Hall–Kier alpha value is -3.96. The first-order valence-electron chi connectivity index (χ1n) is 12.4. The van der Waals surface area contributed by atoms with E-state index < -0.39 is 0 Å². The zero-order valence-corrected chi connectivity index (χ0v) is 21.5. The summed E-state index contributed by atoms with van der Waals surface area (Å²) in [6.45, 7) is 3.12. The van der Waals surface area contributed by atoms with Gasteiger partial charge in [-0.15, -0.1) is 0 Å². The molecule has 6 heteroatoms. The number of anilines is 1. The normalized spacial score (nSPS) is 13.4. The Morgan fingerprint density at radius 3 is 2.24 bits per heavy atom. The van der Waals surface area contributed by atoms with Gasteiger partial charge in [0, 0.05) is 48.0 Å². The van der Waals surface area contributed by atoms with Crippen molar-refractivity contribution in [2.45, 2.75) is 6.61 Å². The van der Waals surface area contributed by atoms with Crippen LogP contribution in [0.2, 0.25) is 5.02 Å². The third kappa shape index (κ3) is 5.89. The molecule has 1 aliphatic rings. The van der Waals surface area contributed by atoms with E-state index in [4.69, 9.17) is 21.1 Å². The number of carbonyl (C=O) groups is 1. The second-order valence-corrected chi connectivity index (χ2v) is 9.40. The molecule has 4 aromatic rings. The molecule has 0 saturated carbocycles. The van der Waals surface area contributed by atoms with Gasteiger partial charge in [0.15, 0.2) is 0 Å². The van der Waals surface area contributed by atoms with Crippen molar-refractivity contribution in [3.05, 3.63) is 113 Å². The van der Waals surface area contributed by atoms with E-state index in [9.17, 15) is 4.79 Å². The van der Waals surface area contributed by atoms with E-state index in [1.54, 1.807) is 7.11 Å². The number of hydrogen-bond donors (Lipinski definition) is 0. The maximum Gasteiger partial charge on any atom is 0.253 e. The largest absolute Gasteiger partial charge is 0.496 e. The Morgan fingerprint density at radius 1 is 0.811 bits per heavy atom. The second kappa shape index (κ2) is 11.4. The Bertz CT molecular complexity index is 1350. The summed E-state index contributed by atoms with van der Waals surface area (Å²) in [5.74, 6) is 1.47. The summed E-state index contributed by atoms with van der Waals surface area (Å²) in [6, 6.07) is 31.6. The molecule has 4 aromatic carbocycles. The van der Waals surface area contributed by atoms with Gasteiger partial charge in [-0.3, -0.25) is 4.79 Å². The molecule has 5 nitrogen and oxygen atoms in total. The Balaban J connectivity index is 1.23. The molecule has 1 fully saturated rings. The molecule has 0 aromatic heterocycles. The highest BCUT2D eigenvalue weighted by Gasteiger charge is 2.23. The van der Waals surface area contributed by atoms with Crippen LogP contribution in [-0.2, 0) is 6.61 Å². The molecule has 0 spiro atoms. The molecule has 0 aliphatic carbocycles. The van der Waals surface area contributed by atoms with Crippen LogP contribution in [-0.4, -0.2) is 44.1 Å². The maximum atomic E-state index is 13.3. The highest BCUT2D eigenvalue weighted by molar-refractivity contribution is 6.30. The van der Waals surface area contributed by atoms with Gasteiger partial charge in [-0.05, 0) is 59.7 Å². The first kappa shape index (κ1) is 24.7. The summed E-state index contributed by atoms with van der Waals surface area (Å²) in [4.78, 5) is 17.5. The van der Waals surface area contributed by atoms with Gasteiger partial charge in [0.05, 0.1) is 7.11 Å². The third-order valence-corrected chi connectivity index (χ3v) is 6.86. The van der Waals surface area contributed by atoms with E-state index >= 15 is 0 Å². The van der Waals surface area contributed by atoms with Crippen molar-refractivity contribution in [1.29, 1.82) is 0 Å². The van der Waals surface area contributed by atoms with Crippen LogP contribution >= 0.6 is 11.6 Å². The summed E-state index contributed by atoms with van der Waals surface area (Å²) in [5, 5.41) is 0.719. The lowest BCUT2D eigenvalue weighted by Crippen LogP contribution is -2.48. The van der Waals surface area contributed by atoms with Gasteiger partial charge in [0.1, 0.15) is 18.1 Å². The number of nitrogens with zero attached hydrogens (tertiary/aromatic N) is 2. The standard InChI is InChI=1S/C31H29ClN2O3/c1-36-30-15-12-25(31(35)34-18-16-33(17-19-34)28-9-5-8-27(32)21-28)20-26(30)22-37-29-13-10-24(11-14-29)23-6-3-2-4-7-23/h2-15,20-21H,16-19,22H2,1H3. The lowest BCUT2D eigenvalue weighted by atomic mass is 10.1. The van der Waals surface area contributed by atoms with Crippen LogP contribution in [0.25, 0.3) is 11.1 Å². The molecule has 5 rings (SSSR count). The van der Waals surface area contributed by atoms with Crippen LogP contribution < -0.4 is 14.4 Å². The van der Waals surface area contributed by atoms with Gasteiger partial charge in [-0.2, -0.15) is 0 Å². The molecule has 0 bridgehead atoms. The number of benzene rings is 4. The van der Waals surface area contributed by atoms with Crippen molar-refractivity contribution in [1.82, 2.24) is 4.90 Å². The van der Waals surface area contributed by atoms with E-state index in [1.807, 2.05) is 89.8 Å². The van der Waals surface area contributed by atoms with Crippen molar-refractivity contribution < 1.29 is 14.3 Å². The zero-order valence-electron chi connectivity index (χ0n) is 20.8. The molecule has 0 radical (unpaired) electrons. The summed E-state index contributed by atoms with van der Waals surface area (Å²) >= 11 is 6.15.